The maximum absolute atomic E-state index is 12.8. The van der Waals surface area contributed by atoms with Gasteiger partial charge in [0.1, 0.15) is 6.61 Å². The van der Waals surface area contributed by atoms with Crippen molar-refractivity contribution in [2.75, 3.05) is 6.61 Å². The van der Waals surface area contributed by atoms with Gasteiger partial charge in [0.15, 0.2) is 11.5 Å². The minimum absolute atomic E-state index is 0.260. The molecule has 0 spiro atoms. The number of rotatable bonds is 8. The molecule has 1 saturated heterocycles. The number of imide groups is 1. The van der Waals surface area contributed by atoms with Crippen LogP contribution in [0.25, 0.3) is 6.08 Å². The summed E-state index contributed by atoms with van der Waals surface area (Å²) < 4.78 is 12.7. The Morgan fingerprint density at radius 1 is 0.909 bits per heavy atom. The molecule has 3 aromatic carbocycles. The van der Waals surface area contributed by atoms with Crippen molar-refractivity contribution in [1.82, 2.24) is 4.90 Å². The van der Waals surface area contributed by atoms with Crippen LogP contribution in [-0.4, -0.2) is 22.7 Å². The molecule has 2 amide bonds. The minimum Gasteiger partial charge on any atom is -0.490 e. The lowest BCUT2D eigenvalue weighted by molar-refractivity contribution is -0.123. The van der Waals surface area contributed by atoms with Crippen molar-refractivity contribution in [3.63, 3.8) is 0 Å². The largest absolute Gasteiger partial charge is 0.490 e. The summed E-state index contributed by atoms with van der Waals surface area (Å²) in [6.07, 6.45) is 1.72. The van der Waals surface area contributed by atoms with Gasteiger partial charge in [0.2, 0.25) is 0 Å². The summed E-state index contributed by atoms with van der Waals surface area (Å²) in [4.78, 5) is 26.9. The van der Waals surface area contributed by atoms with Gasteiger partial charge in [-0.25, -0.2) is 0 Å². The molecule has 0 bridgehead atoms. The molecule has 0 aliphatic carbocycles. The first-order chi connectivity index (χ1) is 16.0. The van der Waals surface area contributed by atoms with Crippen LogP contribution in [0.1, 0.15) is 23.6 Å². The fourth-order valence-electron chi connectivity index (χ4n) is 3.30. The van der Waals surface area contributed by atoms with Crippen LogP contribution in [0.15, 0.2) is 82.2 Å². The van der Waals surface area contributed by atoms with Gasteiger partial charge in [-0.1, -0.05) is 64.5 Å². The average molecular weight is 524 g/mol. The normalized spacial score (nSPS) is 14.7. The molecular formula is C26H22BrNO4S. The lowest BCUT2D eigenvalue weighted by Crippen LogP contribution is -2.27. The Morgan fingerprint density at radius 2 is 1.67 bits per heavy atom. The summed E-state index contributed by atoms with van der Waals surface area (Å²) in [6, 6.07) is 22.9. The van der Waals surface area contributed by atoms with E-state index in [0.29, 0.717) is 29.6 Å². The number of amides is 2. The number of halogens is 1. The van der Waals surface area contributed by atoms with Crippen LogP contribution in [0, 0.1) is 0 Å². The van der Waals surface area contributed by atoms with Crippen LogP contribution in [-0.2, 0) is 17.9 Å². The molecule has 5 nitrogen and oxygen atoms in total. The summed E-state index contributed by atoms with van der Waals surface area (Å²) in [7, 11) is 0. The summed E-state index contributed by atoms with van der Waals surface area (Å²) in [5.74, 6) is 0.920. The van der Waals surface area contributed by atoms with Crippen LogP contribution in [0.3, 0.4) is 0 Å². The predicted octanol–water partition coefficient (Wildman–Crippen LogP) is 6.66. The van der Waals surface area contributed by atoms with Gasteiger partial charge >= 0.3 is 0 Å². The minimum atomic E-state index is -0.289. The smallest absolute Gasteiger partial charge is 0.293 e. The van der Waals surface area contributed by atoms with E-state index >= 15 is 0 Å². The molecule has 0 N–H and O–H groups in total. The standard InChI is InChI=1S/C26H22BrNO4S/c1-2-31-23-14-20(10-13-22(23)32-17-19-8-11-21(27)12-9-19)15-24-25(29)28(26(30)33-24)16-18-6-4-3-5-7-18/h3-15H,2,16-17H2,1H3/b24-15-. The number of nitrogens with zero attached hydrogens (tertiary/aromatic N) is 1. The number of hydrogen-bond acceptors (Lipinski definition) is 5. The van der Waals surface area contributed by atoms with Crippen LogP contribution in [0.4, 0.5) is 4.79 Å². The lowest BCUT2D eigenvalue weighted by atomic mass is 10.1. The highest BCUT2D eigenvalue weighted by Crippen LogP contribution is 2.35. The Morgan fingerprint density at radius 3 is 2.39 bits per heavy atom. The zero-order valence-corrected chi connectivity index (χ0v) is 20.4. The van der Waals surface area contributed by atoms with Gasteiger partial charge in [-0.15, -0.1) is 0 Å². The molecule has 0 radical (unpaired) electrons. The Labute approximate surface area is 205 Å². The second kappa shape index (κ2) is 10.7. The van der Waals surface area contributed by atoms with E-state index < -0.39 is 0 Å². The maximum Gasteiger partial charge on any atom is 0.293 e. The van der Waals surface area contributed by atoms with E-state index in [0.717, 1.165) is 32.9 Å². The monoisotopic (exact) mass is 523 g/mol. The van der Waals surface area contributed by atoms with E-state index in [1.54, 1.807) is 6.08 Å². The van der Waals surface area contributed by atoms with E-state index in [1.807, 2.05) is 79.7 Å². The third kappa shape index (κ3) is 5.86. The zero-order valence-electron chi connectivity index (χ0n) is 18.0. The summed E-state index contributed by atoms with van der Waals surface area (Å²) in [6.45, 7) is 3.05. The molecule has 1 aliphatic rings. The molecule has 0 atom stereocenters. The highest BCUT2D eigenvalue weighted by Gasteiger charge is 2.35. The van der Waals surface area contributed by atoms with E-state index in [2.05, 4.69) is 15.9 Å². The fourth-order valence-corrected chi connectivity index (χ4v) is 4.40. The Balaban J connectivity index is 1.50. The first-order valence-electron chi connectivity index (χ1n) is 10.5. The Bertz CT molecular complexity index is 1180. The van der Waals surface area contributed by atoms with Crippen molar-refractivity contribution in [1.29, 1.82) is 0 Å². The van der Waals surface area contributed by atoms with Gasteiger partial charge in [0.25, 0.3) is 11.1 Å². The molecule has 4 rings (SSSR count). The zero-order chi connectivity index (χ0) is 23.2. The van der Waals surface area contributed by atoms with Crippen molar-refractivity contribution < 1.29 is 19.1 Å². The van der Waals surface area contributed by atoms with E-state index in [-0.39, 0.29) is 17.7 Å². The molecule has 33 heavy (non-hydrogen) atoms. The summed E-state index contributed by atoms with van der Waals surface area (Å²) in [5.41, 5.74) is 2.71. The fraction of sp³-hybridized carbons (Fsp3) is 0.154. The predicted molar refractivity (Wildman–Crippen MR) is 134 cm³/mol. The van der Waals surface area contributed by atoms with Gasteiger partial charge in [-0.3, -0.25) is 14.5 Å². The number of ether oxygens (including phenoxy) is 2. The van der Waals surface area contributed by atoms with Gasteiger partial charge in [-0.2, -0.15) is 0 Å². The topological polar surface area (TPSA) is 55.8 Å². The number of thioether (sulfide) groups is 1. The second-order valence-electron chi connectivity index (χ2n) is 7.31. The van der Waals surface area contributed by atoms with Crippen molar-refractivity contribution in [3.8, 4) is 11.5 Å². The molecule has 3 aromatic rings. The molecule has 7 heteroatoms. The first kappa shape index (κ1) is 23.1. The van der Waals surface area contributed by atoms with Crippen LogP contribution < -0.4 is 9.47 Å². The third-order valence-corrected chi connectivity index (χ3v) is 6.37. The van der Waals surface area contributed by atoms with E-state index in [1.165, 1.54) is 4.90 Å². The Hall–Kier alpha value is -3.03. The second-order valence-corrected chi connectivity index (χ2v) is 9.22. The molecular weight excluding hydrogens is 502 g/mol. The molecule has 0 aromatic heterocycles. The number of hydrogen-bond donors (Lipinski definition) is 0. The van der Waals surface area contributed by atoms with E-state index in [4.69, 9.17) is 9.47 Å². The number of carbonyl (C=O) groups is 2. The average Bonchev–Trinajstić information content (AvgIpc) is 3.08. The molecule has 0 unspecified atom stereocenters. The number of carbonyl (C=O) groups excluding carboxylic acids is 2. The first-order valence-corrected chi connectivity index (χ1v) is 12.1. The van der Waals surface area contributed by atoms with Crippen molar-refractivity contribution in [2.24, 2.45) is 0 Å². The molecule has 1 heterocycles. The lowest BCUT2D eigenvalue weighted by Gasteiger charge is -2.13. The molecule has 168 valence electrons. The third-order valence-electron chi connectivity index (χ3n) is 4.93. The quantitative estimate of drug-likeness (QED) is 0.309. The Kier molecular flexibility index (Phi) is 7.52. The maximum atomic E-state index is 12.8. The highest BCUT2D eigenvalue weighted by molar-refractivity contribution is 9.10. The van der Waals surface area contributed by atoms with Crippen LogP contribution >= 0.6 is 27.7 Å². The van der Waals surface area contributed by atoms with Gasteiger partial charge in [-0.05, 0) is 65.7 Å². The van der Waals surface area contributed by atoms with Crippen LogP contribution in [0.2, 0.25) is 0 Å². The summed E-state index contributed by atoms with van der Waals surface area (Å²) >= 11 is 4.38. The van der Waals surface area contributed by atoms with Crippen LogP contribution in [0.5, 0.6) is 11.5 Å². The van der Waals surface area contributed by atoms with Gasteiger partial charge in [0, 0.05) is 4.47 Å². The molecule has 1 fully saturated rings. The SMILES string of the molecule is CCOc1cc(/C=C2\SC(=O)N(Cc3ccccc3)C2=O)ccc1OCc1ccc(Br)cc1. The van der Waals surface area contributed by atoms with Crippen molar-refractivity contribution in [3.05, 3.63) is 98.9 Å². The van der Waals surface area contributed by atoms with Gasteiger partial charge in [0.05, 0.1) is 18.1 Å². The molecule has 1 aliphatic heterocycles. The van der Waals surface area contributed by atoms with Crippen molar-refractivity contribution in [2.45, 2.75) is 20.1 Å². The number of benzene rings is 3. The summed E-state index contributed by atoms with van der Waals surface area (Å²) in [5, 5.41) is -0.269. The van der Waals surface area contributed by atoms with Crippen molar-refractivity contribution >= 4 is 44.9 Å². The molecule has 0 saturated carbocycles. The van der Waals surface area contributed by atoms with Gasteiger partial charge < -0.3 is 9.47 Å². The van der Waals surface area contributed by atoms with E-state index in [9.17, 15) is 9.59 Å². The highest BCUT2D eigenvalue weighted by atomic mass is 79.9.